The van der Waals surface area contributed by atoms with Crippen molar-refractivity contribution in [2.24, 2.45) is 5.92 Å². The van der Waals surface area contributed by atoms with Gasteiger partial charge in [0.15, 0.2) is 11.6 Å². The molecule has 0 fully saturated rings. The van der Waals surface area contributed by atoms with Crippen molar-refractivity contribution in [2.45, 2.75) is 19.6 Å². The Bertz CT molecular complexity index is 613. The number of hydrogen-bond donors (Lipinski definition) is 1. The van der Waals surface area contributed by atoms with E-state index in [9.17, 15) is 0 Å². The van der Waals surface area contributed by atoms with Crippen LogP contribution >= 0.6 is 11.8 Å². The summed E-state index contributed by atoms with van der Waals surface area (Å²) in [5.41, 5.74) is 1.83. The predicted molar refractivity (Wildman–Crippen MR) is 84.7 cm³/mol. The minimum atomic E-state index is 0.524. The second kappa shape index (κ2) is 6.39. The lowest BCUT2D eigenvalue weighted by molar-refractivity contribution is 0.322. The monoisotopic (exact) mass is 305 g/mol. The van der Waals surface area contributed by atoms with E-state index in [1.807, 2.05) is 30.0 Å². The van der Waals surface area contributed by atoms with Gasteiger partial charge in [-0.1, -0.05) is 25.1 Å². The van der Waals surface area contributed by atoms with Crippen LogP contribution in [0.25, 0.3) is 11.5 Å². The van der Waals surface area contributed by atoms with Crippen LogP contribution < -0.4 is 10.1 Å². The Morgan fingerprint density at radius 3 is 3.14 bits per heavy atom. The molecule has 0 spiro atoms. The molecule has 0 aliphatic carbocycles. The van der Waals surface area contributed by atoms with Gasteiger partial charge in [-0.2, -0.15) is 16.7 Å². The lowest BCUT2D eigenvalue weighted by Gasteiger charge is -2.20. The largest absolute Gasteiger partial charge is 0.489 e. The Morgan fingerprint density at radius 1 is 1.38 bits per heavy atom. The van der Waals surface area contributed by atoms with Gasteiger partial charge in [-0.15, -0.1) is 0 Å². The average Bonchev–Trinajstić information content (AvgIpc) is 2.95. The Hall–Kier alpha value is -1.69. The normalized spacial score (nSPS) is 13.7. The number of rotatable bonds is 5. The molecular weight excluding hydrogens is 286 g/mol. The number of nitrogens with zero attached hydrogens (tertiary/aromatic N) is 2. The highest BCUT2D eigenvalue weighted by atomic mass is 32.2. The van der Waals surface area contributed by atoms with E-state index in [-0.39, 0.29) is 0 Å². The van der Waals surface area contributed by atoms with Gasteiger partial charge in [-0.05, 0) is 23.8 Å². The van der Waals surface area contributed by atoms with Crippen molar-refractivity contribution >= 4 is 17.4 Å². The summed E-state index contributed by atoms with van der Waals surface area (Å²) in [4.78, 5) is 4.48. The SMILES string of the molecule is CC(C)CSCc1noc(-c2cccc3c2OCCN3)n1. The highest BCUT2D eigenvalue weighted by molar-refractivity contribution is 7.98. The smallest absolute Gasteiger partial charge is 0.261 e. The third-order valence-corrected chi connectivity index (χ3v) is 4.42. The summed E-state index contributed by atoms with van der Waals surface area (Å²) in [7, 11) is 0. The molecule has 2 heterocycles. The zero-order valence-electron chi connectivity index (χ0n) is 12.3. The van der Waals surface area contributed by atoms with Gasteiger partial charge in [0, 0.05) is 6.54 Å². The number of fused-ring (bicyclic) bond motifs is 1. The quantitative estimate of drug-likeness (QED) is 0.913. The van der Waals surface area contributed by atoms with E-state index in [1.54, 1.807) is 0 Å². The number of aromatic nitrogens is 2. The molecule has 0 saturated heterocycles. The van der Waals surface area contributed by atoms with E-state index in [0.29, 0.717) is 18.4 Å². The molecular formula is C15H19N3O2S. The van der Waals surface area contributed by atoms with Gasteiger partial charge in [0.05, 0.1) is 17.0 Å². The maximum absolute atomic E-state index is 5.74. The molecule has 21 heavy (non-hydrogen) atoms. The molecule has 0 atom stereocenters. The Balaban J connectivity index is 1.77. The second-order valence-electron chi connectivity index (χ2n) is 5.38. The first-order chi connectivity index (χ1) is 10.2. The van der Waals surface area contributed by atoms with E-state index >= 15 is 0 Å². The van der Waals surface area contributed by atoms with Crippen LogP contribution in [-0.2, 0) is 5.75 Å². The maximum Gasteiger partial charge on any atom is 0.261 e. The van der Waals surface area contributed by atoms with Crippen LogP contribution in [0.1, 0.15) is 19.7 Å². The van der Waals surface area contributed by atoms with Crippen molar-refractivity contribution in [1.82, 2.24) is 10.1 Å². The molecule has 6 heteroatoms. The van der Waals surface area contributed by atoms with Crippen molar-refractivity contribution in [3.05, 3.63) is 24.0 Å². The van der Waals surface area contributed by atoms with E-state index in [4.69, 9.17) is 9.26 Å². The molecule has 0 saturated carbocycles. The topological polar surface area (TPSA) is 60.2 Å². The van der Waals surface area contributed by atoms with E-state index in [0.717, 1.165) is 40.9 Å². The van der Waals surface area contributed by atoms with Gasteiger partial charge in [0.2, 0.25) is 0 Å². The van der Waals surface area contributed by atoms with Crippen molar-refractivity contribution in [3.63, 3.8) is 0 Å². The van der Waals surface area contributed by atoms with Crippen LogP contribution in [0, 0.1) is 5.92 Å². The Kier molecular flexibility index (Phi) is 4.34. The first-order valence-corrected chi connectivity index (χ1v) is 8.30. The average molecular weight is 305 g/mol. The predicted octanol–water partition coefficient (Wildman–Crippen LogP) is 3.43. The molecule has 1 aromatic heterocycles. The molecule has 0 bridgehead atoms. The van der Waals surface area contributed by atoms with E-state index in [1.165, 1.54) is 0 Å². The summed E-state index contributed by atoms with van der Waals surface area (Å²) in [5, 5.41) is 7.36. The van der Waals surface area contributed by atoms with Gasteiger partial charge >= 0.3 is 0 Å². The molecule has 0 amide bonds. The Labute approximate surface area is 128 Å². The third-order valence-electron chi connectivity index (χ3n) is 3.06. The summed E-state index contributed by atoms with van der Waals surface area (Å²) in [6.07, 6.45) is 0. The number of thioether (sulfide) groups is 1. The van der Waals surface area contributed by atoms with Crippen molar-refractivity contribution in [3.8, 4) is 17.2 Å². The van der Waals surface area contributed by atoms with E-state index < -0.39 is 0 Å². The standard InChI is InChI=1S/C15H19N3O2S/c1-10(2)8-21-9-13-17-15(20-18-13)11-4-3-5-12-14(11)19-7-6-16-12/h3-5,10,16H,6-9H2,1-2H3. The number of ether oxygens (including phenoxy) is 1. The van der Waals surface area contributed by atoms with Crippen LogP contribution in [0.15, 0.2) is 22.7 Å². The number of benzene rings is 1. The van der Waals surface area contributed by atoms with Crippen LogP contribution in [0.3, 0.4) is 0 Å². The van der Waals surface area contributed by atoms with Crippen molar-refractivity contribution in [2.75, 3.05) is 24.2 Å². The molecule has 0 radical (unpaired) electrons. The number of nitrogens with one attached hydrogen (secondary N) is 1. The fourth-order valence-electron chi connectivity index (χ4n) is 2.15. The molecule has 1 aromatic carbocycles. The summed E-state index contributed by atoms with van der Waals surface area (Å²) in [6, 6.07) is 5.91. The van der Waals surface area contributed by atoms with Gasteiger partial charge in [0.1, 0.15) is 6.61 Å². The van der Waals surface area contributed by atoms with Crippen LogP contribution in [-0.4, -0.2) is 29.0 Å². The van der Waals surface area contributed by atoms with Crippen LogP contribution in [0.2, 0.25) is 0 Å². The second-order valence-corrected chi connectivity index (χ2v) is 6.41. The van der Waals surface area contributed by atoms with Gasteiger partial charge in [0.25, 0.3) is 5.89 Å². The van der Waals surface area contributed by atoms with E-state index in [2.05, 4.69) is 29.3 Å². The zero-order chi connectivity index (χ0) is 14.7. The van der Waals surface area contributed by atoms with Gasteiger partial charge < -0.3 is 14.6 Å². The van der Waals surface area contributed by atoms with Crippen molar-refractivity contribution in [1.29, 1.82) is 0 Å². The minimum absolute atomic E-state index is 0.524. The first-order valence-electron chi connectivity index (χ1n) is 7.14. The molecule has 1 aliphatic heterocycles. The minimum Gasteiger partial charge on any atom is -0.489 e. The maximum atomic E-state index is 5.74. The molecule has 2 aromatic rings. The number of hydrogen-bond acceptors (Lipinski definition) is 6. The first kappa shape index (κ1) is 14.3. The molecule has 0 unspecified atom stereocenters. The van der Waals surface area contributed by atoms with Gasteiger partial charge in [-0.3, -0.25) is 0 Å². The molecule has 3 rings (SSSR count). The Morgan fingerprint density at radius 2 is 2.29 bits per heavy atom. The molecule has 5 nitrogen and oxygen atoms in total. The summed E-state index contributed by atoms with van der Waals surface area (Å²) in [5.74, 6) is 4.59. The lowest BCUT2D eigenvalue weighted by Crippen LogP contribution is -2.18. The third kappa shape index (κ3) is 3.32. The van der Waals surface area contributed by atoms with Crippen molar-refractivity contribution < 1.29 is 9.26 Å². The lowest BCUT2D eigenvalue weighted by atomic mass is 10.1. The summed E-state index contributed by atoms with van der Waals surface area (Å²) >= 11 is 1.82. The molecule has 112 valence electrons. The number of para-hydroxylation sites is 1. The summed E-state index contributed by atoms with van der Waals surface area (Å²) in [6.45, 7) is 5.87. The highest BCUT2D eigenvalue weighted by Crippen LogP contribution is 2.37. The number of anilines is 1. The molecule has 1 N–H and O–H groups in total. The fourth-order valence-corrected chi connectivity index (χ4v) is 3.04. The fraction of sp³-hybridized carbons (Fsp3) is 0.467. The molecule has 1 aliphatic rings. The van der Waals surface area contributed by atoms with Crippen LogP contribution in [0.4, 0.5) is 5.69 Å². The summed E-state index contributed by atoms with van der Waals surface area (Å²) < 4.78 is 11.1. The zero-order valence-corrected chi connectivity index (χ0v) is 13.1. The van der Waals surface area contributed by atoms with Gasteiger partial charge in [-0.25, -0.2) is 0 Å². The van der Waals surface area contributed by atoms with Crippen LogP contribution in [0.5, 0.6) is 5.75 Å². The highest BCUT2D eigenvalue weighted by Gasteiger charge is 2.19.